The summed E-state index contributed by atoms with van der Waals surface area (Å²) in [4.78, 5) is 11.8. The number of halogens is 6. The number of carbonyl (C=O) groups is 1. The largest absolute Gasteiger partial charge is 0.480 e. The fourth-order valence-electron chi connectivity index (χ4n) is 2.71. The van der Waals surface area contributed by atoms with Gasteiger partial charge in [-0.3, -0.25) is 4.79 Å². The second kappa shape index (κ2) is 6.09. The lowest BCUT2D eigenvalue weighted by molar-refractivity contribution is -0.145. The summed E-state index contributed by atoms with van der Waals surface area (Å²) in [6, 6.07) is 7.45. The number of aliphatic carboxylic acids is 1. The summed E-state index contributed by atoms with van der Waals surface area (Å²) < 4.78 is 79.7. The summed E-state index contributed by atoms with van der Waals surface area (Å²) in [5, 5.41) is 9.59. The summed E-state index contributed by atoms with van der Waals surface area (Å²) in [6.45, 7) is 0.838. The molecule has 0 aromatic heterocycles. The molecule has 1 N–H and O–H groups in total. The summed E-state index contributed by atoms with van der Waals surface area (Å²) in [5.41, 5.74) is -6.65. The molecular weight excluding hydrogens is 350 g/mol. The lowest BCUT2D eigenvalue weighted by Gasteiger charge is -2.31. The van der Waals surface area contributed by atoms with E-state index in [1.165, 1.54) is 0 Å². The second-order valence-corrected chi connectivity index (χ2v) is 5.52. The Bertz CT molecular complexity index is 735. The second-order valence-electron chi connectivity index (χ2n) is 5.52. The van der Waals surface area contributed by atoms with E-state index in [1.807, 2.05) is 0 Å². The molecule has 2 rings (SSSR count). The molecule has 0 heterocycles. The van der Waals surface area contributed by atoms with Gasteiger partial charge in [-0.1, -0.05) is 36.4 Å². The Labute approximate surface area is 138 Å². The van der Waals surface area contributed by atoms with Crippen molar-refractivity contribution in [2.75, 3.05) is 0 Å². The SMILES string of the molecule is CC(C(=O)O)(c1ccccc1C(F)(F)F)c1ccccc1C(F)(F)F. The van der Waals surface area contributed by atoms with Crippen molar-refractivity contribution in [1.82, 2.24) is 0 Å². The molecule has 0 aliphatic carbocycles. The van der Waals surface area contributed by atoms with E-state index in [0.29, 0.717) is 12.1 Å². The number of benzene rings is 2. The first-order valence-corrected chi connectivity index (χ1v) is 6.97. The highest BCUT2D eigenvalue weighted by molar-refractivity contribution is 5.86. The van der Waals surface area contributed by atoms with Gasteiger partial charge in [0.2, 0.25) is 0 Å². The van der Waals surface area contributed by atoms with Gasteiger partial charge in [-0.2, -0.15) is 26.3 Å². The molecule has 2 nitrogen and oxygen atoms in total. The number of carboxylic acid groups (broad SMARTS) is 1. The van der Waals surface area contributed by atoms with Crippen molar-refractivity contribution >= 4 is 5.97 Å². The van der Waals surface area contributed by atoms with Gasteiger partial charge < -0.3 is 5.11 Å². The minimum atomic E-state index is -4.92. The summed E-state index contributed by atoms with van der Waals surface area (Å²) in [7, 11) is 0. The van der Waals surface area contributed by atoms with Crippen molar-refractivity contribution in [1.29, 1.82) is 0 Å². The Hall–Kier alpha value is -2.51. The van der Waals surface area contributed by atoms with Gasteiger partial charge in [-0.15, -0.1) is 0 Å². The van der Waals surface area contributed by atoms with Crippen LogP contribution in [-0.2, 0) is 22.6 Å². The van der Waals surface area contributed by atoms with Crippen LogP contribution in [-0.4, -0.2) is 11.1 Å². The molecule has 2 aromatic carbocycles. The average Bonchev–Trinajstić information content (AvgIpc) is 2.52. The zero-order valence-electron chi connectivity index (χ0n) is 12.7. The van der Waals surface area contributed by atoms with Gasteiger partial charge in [0.25, 0.3) is 0 Å². The number of hydrogen-bond acceptors (Lipinski definition) is 1. The molecule has 0 aliphatic heterocycles. The third-order valence-electron chi connectivity index (χ3n) is 3.97. The van der Waals surface area contributed by atoms with Gasteiger partial charge in [0.05, 0.1) is 11.1 Å². The van der Waals surface area contributed by atoms with Crippen LogP contribution in [0.3, 0.4) is 0 Å². The molecule has 2 aromatic rings. The molecule has 0 saturated carbocycles. The lowest BCUT2D eigenvalue weighted by atomic mass is 9.72. The van der Waals surface area contributed by atoms with E-state index in [1.54, 1.807) is 0 Å². The summed E-state index contributed by atoms with van der Waals surface area (Å²) in [5.74, 6) is -1.82. The van der Waals surface area contributed by atoms with Gasteiger partial charge in [-0.05, 0) is 30.2 Å². The molecule has 0 bridgehead atoms. The monoisotopic (exact) mass is 362 g/mol. The predicted molar refractivity (Wildman–Crippen MR) is 77.0 cm³/mol. The highest BCUT2D eigenvalue weighted by Gasteiger charge is 2.48. The highest BCUT2D eigenvalue weighted by Crippen LogP contribution is 2.45. The van der Waals surface area contributed by atoms with Crippen molar-refractivity contribution in [3.63, 3.8) is 0 Å². The van der Waals surface area contributed by atoms with E-state index in [2.05, 4.69) is 0 Å². The van der Waals surface area contributed by atoms with Crippen LogP contribution in [0.4, 0.5) is 26.3 Å². The minimum absolute atomic E-state index is 0.646. The molecule has 0 atom stereocenters. The number of carboxylic acids is 1. The maximum Gasteiger partial charge on any atom is 0.416 e. The van der Waals surface area contributed by atoms with Crippen LogP contribution in [0.2, 0.25) is 0 Å². The van der Waals surface area contributed by atoms with Gasteiger partial charge >= 0.3 is 18.3 Å². The first-order valence-electron chi connectivity index (χ1n) is 6.97. The van der Waals surface area contributed by atoms with Gasteiger partial charge in [0.15, 0.2) is 0 Å². The molecule has 0 radical (unpaired) electrons. The average molecular weight is 362 g/mol. The van der Waals surface area contributed by atoms with Crippen LogP contribution in [0.5, 0.6) is 0 Å². The Balaban J connectivity index is 2.87. The zero-order chi connectivity index (χ0) is 19.0. The Morgan fingerprint density at radius 1 is 0.720 bits per heavy atom. The van der Waals surface area contributed by atoms with Crippen molar-refractivity contribution in [2.45, 2.75) is 24.7 Å². The lowest BCUT2D eigenvalue weighted by Crippen LogP contribution is -2.37. The first-order chi connectivity index (χ1) is 11.4. The van der Waals surface area contributed by atoms with Gasteiger partial charge in [0, 0.05) is 0 Å². The number of alkyl halides is 6. The minimum Gasteiger partial charge on any atom is -0.480 e. The number of rotatable bonds is 3. The standard InChI is InChI=1S/C17H12F6O2/c1-15(14(24)25,10-6-2-4-8-12(10)16(18,19)20)11-7-3-5-9-13(11)17(21,22)23/h2-9H,1H3,(H,24,25). The molecule has 0 fully saturated rings. The van der Waals surface area contributed by atoms with Gasteiger partial charge in [0.1, 0.15) is 5.41 Å². The Morgan fingerprint density at radius 2 is 1.00 bits per heavy atom. The molecule has 25 heavy (non-hydrogen) atoms. The predicted octanol–water partition coefficient (Wildman–Crippen LogP) is 5.11. The zero-order valence-corrected chi connectivity index (χ0v) is 12.7. The van der Waals surface area contributed by atoms with Crippen LogP contribution in [0, 0.1) is 0 Å². The Kier molecular flexibility index (Phi) is 4.59. The highest BCUT2D eigenvalue weighted by atomic mass is 19.4. The molecular formula is C17H12F6O2. The van der Waals surface area contributed by atoms with Gasteiger partial charge in [-0.25, -0.2) is 0 Å². The normalized spacial score (nSPS) is 12.9. The van der Waals surface area contributed by atoms with Crippen LogP contribution >= 0.6 is 0 Å². The molecule has 0 aliphatic rings. The molecule has 8 heteroatoms. The molecule has 134 valence electrons. The van der Waals surface area contributed by atoms with Crippen molar-refractivity contribution in [2.24, 2.45) is 0 Å². The molecule has 0 saturated heterocycles. The quantitative estimate of drug-likeness (QED) is 0.770. The summed E-state index contributed by atoms with van der Waals surface area (Å²) >= 11 is 0. The van der Waals surface area contributed by atoms with E-state index >= 15 is 0 Å². The smallest absolute Gasteiger partial charge is 0.416 e. The fraction of sp³-hybridized carbons (Fsp3) is 0.235. The van der Waals surface area contributed by atoms with E-state index in [4.69, 9.17) is 0 Å². The molecule has 0 spiro atoms. The maximum atomic E-state index is 13.3. The van der Waals surface area contributed by atoms with E-state index < -0.39 is 46.0 Å². The molecule has 0 unspecified atom stereocenters. The third kappa shape index (κ3) is 3.33. The van der Waals surface area contributed by atoms with E-state index in [9.17, 15) is 36.2 Å². The number of hydrogen-bond donors (Lipinski definition) is 1. The van der Waals surface area contributed by atoms with Crippen molar-refractivity contribution < 1.29 is 36.2 Å². The van der Waals surface area contributed by atoms with Crippen molar-refractivity contribution in [3.05, 3.63) is 70.8 Å². The summed E-state index contributed by atoms with van der Waals surface area (Å²) in [6.07, 6.45) is -9.83. The maximum absolute atomic E-state index is 13.3. The van der Waals surface area contributed by atoms with Crippen molar-refractivity contribution in [3.8, 4) is 0 Å². The van der Waals surface area contributed by atoms with Crippen LogP contribution < -0.4 is 0 Å². The van der Waals surface area contributed by atoms with Crippen LogP contribution in [0.15, 0.2) is 48.5 Å². The van der Waals surface area contributed by atoms with Crippen LogP contribution in [0.25, 0.3) is 0 Å². The first kappa shape index (κ1) is 18.8. The van der Waals surface area contributed by atoms with Crippen LogP contribution in [0.1, 0.15) is 29.2 Å². The fourth-order valence-corrected chi connectivity index (χ4v) is 2.71. The topological polar surface area (TPSA) is 37.3 Å². The van der Waals surface area contributed by atoms with E-state index in [-0.39, 0.29) is 0 Å². The van der Waals surface area contributed by atoms with E-state index in [0.717, 1.165) is 43.3 Å². The molecule has 0 amide bonds. The third-order valence-corrected chi connectivity index (χ3v) is 3.97. The Morgan fingerprint density at radius 3 is 1.24 bits per heavy atom.